The second-order valence-corrected chi connectivity index (χ2v) is 5.03. The number of ether oxygens (including phenoxy) is 1. The van der Waals surface area contributed by atoms with Crippen LogP contribution in [0.1, 0.15) is 12.8 Å². The zero-order chi connectivity index (χ0) is 12.1. The van der Waals surface area contributed by atoms with Crippen LogP contribution in [0.15, 0.2) is 4.99 Å². The molecule has 2 fully saturated rings. The average Bonchev–Trinajstić information content (AvgIpc) is 3.13. The third-order valence-electron chi connectivity index (χ3n) is 3.32. The maximum Gasteiger partial charge on any atom is 0.191 e. The van der Waals surface area contributed by atoms with E-state index in [1.807, 2.05) is 7.05 Å². The van der Waals surface area contributed by atoms with E-state index < -0.39 is 0 Å². The van der Waals surface area contributed by atoms with Gasteiger partial charge in [-0.05, 0) is 25.8 Å². The molecule has 0 spiro atoms. The molecule has 0 aromatic heterocycles. The van der Waals surface area contributed by atoms with Crippen LogP contribution in [0.4, 0.5) is 0 Å². The van der Waals surface area contributed by atoms with Crippen LogP contribution < -0.4 is 10.6 Å². The molecule has 0 radical (unpaired) electrons. The summed E-state index contributed by atoms with van der Waals surface area (Å²) in [7, 11) is 3.95. The van der Waals surface area contributed by atoms with E-state index in [2.05, 4.69) is 27.6 Å². The van der Waals surface area contributed by atoms with Crippen molar-refractivity contribution in [1.82, 2.24) is 15.5 Å². The van der Waals surface area contributed by atoms with E-state index in [1.54, 1.807) is 0 Å². The second kappa shape index (κ2) is 6.21. The Labute approximate surface area is 104 Å². The van der Waals surface area contributed by atoms with Gasteiger partial charge >= 0.3 is 0 Å². The lowest BCUT2D eigenvalue weighted by molar-refractivity contribution is -0.0161. The van der Waals surface area contributed by atoms with E-state index in [0.717, 1.165) is 44.7 Å². The molecule has 2 rings (SSSR count). The van der Waals surface area contributed by atoms with E-state index in [0.29, 0.717) is 0 Å². The van der Waals surface area contributed by atoms with Crippen LogP contribution in [0.2, 0.25) is 0 Å². The van der Waals surface area contributed by atoms with Gasteiger partial charge in [0.2, 0.25) is 0 Å². The Morgan fingerprint density at radius 2 is 2.12 bits per heavy atom. The van der Waals surface area contributed by atoms with Crippen LogP contribution in [0.25, 0.3) is 0 Å². The SMILES string of the molecule is CN=C(NCC1CC1)NCC1CN(C)CCO1. The first kappa shape index (κ1) is 12.6. The first-order valence-corrected chi connectivity index (χ1v) is 6.52. The summed E-state index contributed by atoms with van der Waals surface area (Å²) in [6.07, 6.45) is 2.99. The molecule has 1 saturated heterocycles. The molecule has 1 heterocycles. The highest BCUT2D eigenvalue weighted by molar-refractivity contribution is 5.79. The minimum Gasteiger partial charge on any atom is -0.374 e. The quantitative estimate of drug-likeness (QED) is 0.532. The van der Waals surface area contributed by atoms with Crippen LogP contribution >= 0.6 is 0 Å². The first-order valence-electron chi connectivity index (χ1n) is 6.52. The van der Waals surface area contributed by atoms with Gasteiger partial charge < -0.3 is 20.3 Å². The smallest absolute Gasteiger partial charge is 0.191 e. The fourth-order valence-electron chi connectivity index (χ4n) is 1.98. The third kappa shape index (κ3) is 4.52. The molecular weight excluding hydrogens is 216 g/mol. The van der Waals surface area contributed by atoms with Gasteiger partial charge in [-0.25, -0.2) is 0 Å². The normalized spacial score (nSPS) is 26.9. The maximum absolute atomic E-state index is 5.69. The van der Waals surface area contributed by atoms with Gasteiger partial charge in [0.25, 0.3) is 0 Å². The van der Waals surface area contributed by atoms with E-state index in [9.17, 15) is 0 Å². The van der Waals surface area contributed by atoms with Gasteiger partial charge in [0.15, 0.2) is 5.96 Å². The highest BCUT2D eigenvalue weighted by Gasteiger charge is 2.21. The Balaban J connectivity index is 1.64. The van der Waals surface area contributed by atoms with Gasteiger partial charge in [-0.3, -0.25) is 4.99 Å². The predicted octanol–water partition coefficient (Wildman–Crippen LogP) is -0.108. The lowest BCUT2D eigenvalue weighted by atomic mass is 10.3. The highest BCUT2D eigenvalue weighted by Crippen LogP contribution is 2.27. The van der Waals surface area contributed by atoms with Crippen molar-refractivity contribution in [2.45, 2.75) is 18.9 Å². The van der Waals surface area contributed by atoms with Crippen molar-refractivity contribution in [3.8, 4) is 0 Å². The van der Waals surface area contributed by atoms with Crippen LogP contribution in [0.3, 0.4) is 0 Å². The lowest BCUT2D eigenvalue weighted by Crippen LogP contribution is -2.48. The lowest BCUT2D eigenvalue weighted by Gasteiger charge is -2.30. The molecule has 1 saturated carbocycles. The van der Waals surface area contributed by atoms with Crippen molar-refractivity contribution in [1.29, 1.82) is 0 Å². The summed E-state index contributed by atoms with van der Waals surface area (Å²) in [5.41, 5.74) is 0. The Bertz CT molecular complexity index is 265. The van der Waals surface area contributed by atoms with Gasteiger partial charge in [-0.2, -0.15) is 0 Å². The minimum atomic E-state index is 0.272. The molecule has 1 unspecified atom stereocenters. The molecule has 2 aliphatic rings. The Hall–Kier alpha value is -0.810. The van der Waals surface area contributed by atoms with E-state index in [1.165, 1.54) is 12.8 Å². The van der Waals surface area contributed by atoms with Gasteiger partial charge in [0.1, 0.15) is 0 Å². The standard InChI is InChI=1S/C12H24N4O/c1-13-12(14-7-10-3-4-10)15-8-11-9-16(2)5-6-17-11/h10-11H,3-9H2,1-2H3,(H2,13,14,15). The average molecular weight is 240 g/mol. The monoisotopic (exact) mass is 240 g/mol. The summed E-state index contributed by atoms with van der Waals surface area (Å²) in [6, 6.07) is 0. The molecular formula is C12H24N4O. The van der Waals surface area contributed by atoms with Crippen molar-refractivity contribution in [3.05, 3.63) is 0 Å². The van der Waals surface area contributed by atoms with Crippen molar-refractivity contribution < 1.29 is 4.74 Å². The van der Waals surface area contributed by atoms with Crippen molar-refractivity contribution in [2.75, 3.05) is 46.9 Å². The van der Waals surface area contributed by atoms with Crippen molar-refractivity contribution in [3.63, 3.8) is 0 Å². The molecule has 1 aliphatic carbocycles. The Morgan fingerprint density at radius 1 is 1.35 bits per heavy atom. The highest BCUT2D eigenvalue weighted by atomic mass is 16.5. The summed E-state index contributed by atoms with van der Waals surface area (Å²) in [5, 5.41) is 6.68. The number of rotatable bonds is 4. The summed E-state index contributed by atoms with van der Waals surface area (Å²) >= 11 is 0. The summed E-state index contributed by atoms with van der Waals surface area (Å²) in [4.78, 5) is 6.52. The maximum atomic E-state index is 5.69. The Kier molecular flexibility index (Phi) is 4.62. The van der Waals surface area contributed by atoms with Crippen LogP contribution in [-0.4, -0.2) is 63.8 Å². The van der Waals surface area contributed by atoms with Crippen molar-refractivity contribution >= 4 is 5.96 Å². The largest absolute Gasteiger partial charge is 0.374 e. The fraction of sp³-hybridized carbons (Fsp3) is 0.917. The number of nitrogens with one attached hydrogen (secondary N) is 2. The molecule has 0 aromatic rings. The van der Waals surface area contributed by atoms with Gasteiger partial charge in [0.05, 0.1) is 12.7 Å². The zero-order valence-corrected chi connectivity index (χ0v) is 10.9. The molecule has 17 heavy (non-hydrogen) atoms. The molecule has 1 atom stereocenters. The minimum absolute atomic E-state index is 0.272. The van der Waals surface area contributed by atoms with E-state index in [4.69, 9.17) is 4.74 Å². The topological polar surface area (TPSA) is 48.9 Å². The van der Waals surface area contributed by atoms with E-state index in [-0.39, 0.29) is 6.10 Å². The molecule has 2 N–H and O–H groups in total. The molecule has 0 aromatic carbocycles. The molecule has 5 nitrogen and oxygen atoms in total. The number of hydrogen-bond donors (Lipinski definition) is 2. The fourth-order valence-corrected chi connectivity index (χ4v) is 1.98. The van der Waals surface area contributed by atoms with Crippen molar-refractivity contribution in [2.24, 2.45) is 10.9 Å². The number of likely N-dealkylation sites (N-methyl/N-ethyl adjacent to an activating group) is 1. The number of guanidine groups is 1. The molecule has 0 amide bonds. The number of aliphatic imine (C=N–C) groups is 1. The van der Waals surface area contributed by atoms with Gasteiger partial charge in [-0.1, -0.05) is 0 Å². The van der Waals surface area contributed by atoms with Gasteiger partial charge in [-0.15, -0.1) is 0 Å². The number of hydrogen-bond acceptors (Lipinski definition) is 3. The molecule has 0 bridgehead atoms. The molecule has 1 aliphatic heterocycles. The first-order chi connectivity index (χ1) is 8.28. The molecule has 98 valence electrons. The summed E-state index contributed by atoms with van der Waals surface area (Å²) < 4.78 is 5.69. The number of morpholine rings is 1. The zero-order valence-electron chi connectivity index (χ0n) is 10.9. The number of nitrogens with zero attached hydrogens (tertiary/aromatic N) is 2. The summed E-state index contributed by atoms with van der Waals surface area (Å²) in [6.45, 7) is 4.73. The second-order valence-electron chi connectivity index (χ2n) is 5.03. The predicted molar refractivity (Wildman–Crippen MR) is 69.3 cm³/mol. The third-order valence-corrected chi connectivity index (χ3v) is 3.32. The van der Waals surface area contributed by atoms with Crippen LogP contribution in [-0.2, 0) is 4.74 Å². The van der Waals surface area contributed by atoms with Crippen LogP contribution in [0.5, 0.6) is 0 Å². The summed E-state index contributed by atoms with van der Waals surface area (Å²) in [5.74, 6) is 1.76. The van der Waals surface area contributed by atoms with Gasteiger partial charge in [0, 0.05) is 33.2 Å². The van der Waals surface area contributed by atoms with E-state index >= 15 is 0 Å². The Morgan fingerprint density at radius 3 is 2.76 bits per heavy atom. The molecule has 5 heteroatoms. The van der Waals surface area contributed by atoms with Crippen LogP contribution in [0, 0.1) is 5.92 Å².